The summed E-state index contributed by atoms with van der Waals surface area (Å²) in [7, 11) is 4.22. The molecule has 0 aromatic heterocycles. The largest absolute Gasteiger partial charge is 0.462 e. The fourth-order valence-electron chi connectivity index (χ4n) is 7.00. The predicted octanol–water partition coefficient (Wildman–Crippen LogP) is 11.5. The average Bonchev–Trinajstić information content (AvgIpc) is 3.06. The molecule has 0 N–H and O–H groups in total. The van der Waals surface area contributed by atoms with E-state index in [4.69, 9.17) is 9.47 Å². The summed E-state index contributed by atoms with van der Waals surface area (Å²) in [5, 5.41) is 0. The fourth-order valence-corrected chi connectivity index (χ4v) is 7.00. The molecule has 0 spiro atoms. The highest BCUT2D eigenvalue weighted by Gasteiger charge is 2.30. The normalized spacial score (nSPS) is 14.5. The van der Waals surface area contributed by atoms with E-state index >= 15 is 0 Å². The summed E-state index contributed by atoms with van der Waals surface area (Å²) in [6.07, 6.45) is 38.1. The smallest absolute Gasteiger partial charge is 0.306 e. The van der Waals surface area contributed by atoms with Gasteiger partial charge in [-0.15, -0.1) is 0 Å². The van der Waals surface area contributed by atoms with Gasteiger partial charge in [-0.05, 0) is 58.5 Å². The van der Waals surface area contributed by atoms with Crippen molar-refractivity contribution in [3.8, 4) is 0 Å². The van der Waals surface area contributed by atoms with Gasteiger partial charge in [0.2, 0.25) is 0 Å². The molecule has 1 heterocycles. The van der Waals surface area contributed by atoms with Crippen LogP contribution < -0.4 is 0 Å². The number of rotatable bonds is 36. The molecule has 6 heteroatoms. The van der Waals surface area contributed by atoms with Crippen LogP contribution >= 0.6 is 0 Å². The van der Waals surface area contributed by atoms with Crippen molar-refractivity contribution in [2.24, 2.45) is 5.92 Å². The van der Waals surface area contributed by atoms with Gasteiger partial charge in [0.25, 0.3) is 0 Å². The molecule has 0 aliphatic carbocycles. The van der Waals surface area contributed by atoms with Crippen molar-refractivity contribution in [1.29, 1.82) is 0 Å². The fraction of sp³-hybridized carbons (Fsp3) is 0.907. The highest BCUT2D eigenvalue weighted by Crippen LogP contribution is 2.18. The first kappa shape index (κ1) is 45.6. The quantitative estimate of drug-likeness (QED) is 0.0370. The van der Waals surface area contributed by atoms with E-state index in [9.17, 15) is 9.59 Å². The van der Waals surface area contributed by atoms with Crippen LogP contribution in [-0.2, 0) is 19.1 Å². The lowest BCUT2D eigenvalue weighted by molar-refractivity contribution is -0.161. The molecule has 1 aliphatic rings. The van der Waals surface area contributed by atoms with E-state index in [-0.39, 0.29) is 24.6 Å². The summed E-state index contributed by atoms with van der Waals surface area (Å²) in [4.78, 5) is 29.8. The minimum Gasteiger partial charge on any atom is -0.462 e. The van der Waals surface area contributed by atoms with Gasteiger partial charge in [-0.2, -0.15) is 0 Å². The van der Waals surface area contributed by atoms with Crippen LogP contribution in [-0.4, -0.2) is 74.7 Å². The topological polar surface area (TPSA) is 59.1 Å². The SMILES string of the molecule is CCCCCCCC/C=C\CCCCCCCC(=O)OC(COC(=O)CCCCCCCCCCCCCCC)CN1CC(CN(C)C)C1. The molecular formula is C43H82N2O4. The number of nitrogens with zero attached hydrogens (tertiary/aromatic N) is 2. The van der Waals surface area contributed by atoms with Gasteiger partial charge in [-0.3, -0.25) is 14.5 Å². The van der Waals surface area contributed by atoms with Gasteiger partial charge < -0.3 is 14.4 Å². The summed E-state index contributed by atoms with van der Waals surface area (Å²) in [6.45, 7) is 8.45. The lowest BCUT2D eigenvalue weighted by atomic mass is 9.99. The van der Waals surface area contributed by atoms with Crippen LogP contribution in [0.15, 0.2) is 12.2 Å². The molecule has 0 aromatic rings. The van der Waals surface area contributed by atoms with Crippen molar-refractivity contribution in [2.45, 2.75) is 200 Å². The highest BCUT2D eigenvalue weighted by atomic mass is 16.6. The van der Waals surface area contributed by atoms with Crippen molar-refractivity contribution in [3.05, 3.63) is 12.2 Å². The van der Waals surface area contributed by atoms with Gasteiger partial charge in [-0.25, -0.2) is 0 Å². The van der Waals surface area contributed by atoms with E-state index in [1.807, 2.05) is 0 Å². The zero-order valence-corrected chi connectivity index (χ0v) is 33.2. The molecule has 0 aromatic carbocycles. The van der Waals surface area contributed by atoms with Gasteiger partial charge in [0, 0.05) is 39.0 Å². The number of carbonyl (C=O) groups is 2. The number of hydrogen-bond acceptors (Lipinski definition) is 6. The molecule has 6 nitrogen and oxygen atoms in total. The number of carbonyl (C=O) groups excluding carboxylic acids is 2. The molecule has 1 saturated heterocycles. The average molecular weight is 691 g/mol. The van der Waals surface area contributed by atoms with Crippen LogP contribution in [0.5, 0.6) is 0 Å². The number of ether oxygens (including phenoxy) is 2. The van der Waals surface area contributed by atoms with Crippen LogP contribution in [0.25, 0.3) is 0 Å². The molecule has 288 valence electrons. The van der Waals surface area contributed by atoms with Crippen LogP contribution in [0.4, 0.5) is 0 Å². The Morgan fingerprint density at radius 3 is 1.47 bits per heavy atom. The van der Waals surface area contributed by atoms with E-state index in [1.165, 1.54) is 141 Å². The molecule has 1 aliphatic heterocycles. The molecule has 1 atom stereocenters. The first-order chi connectivity index (χ1) is 23.9. The Balaban J connectivity index is 2.17. The van der Waals surface area contributed by atoms with Crippen molar-refractivity contribution < 1.29 is 19.1 Å². The van der Waals surface area contributed by atoms with Crippen molar-refractivity contribution in [1.82, 2.24) is 9.80 Å². The highest BCUT2D eigenvalue weighted by molar-refractivity contribution is 5.70. The van der Waals surface area contributed by atoms with Gasteiger partial charge in [0.1, 0.15) is 12.7 Å². The maximum absolute atomic E-state index is 12.7. The monoisotopic (exact) mass is 691 g/mol. The van der Waals surface area contributed by atoms with E-state index in [0.717, 1.165) is 45.3 Å². The van der Waals surface area contributed by atoms with Crippen LogP contribution in [0.3, 0.4) is 0 Å². The summed E-state index contributed by atoms with van der Waals surface area (Å²) in [5.74, 6) is 0.344. The molecule has 1 unspecified atom stereocenters. The second-order valence-electron chi connectivity index (χ2n) is 15.5. The molecule has 49 heavy (non-hydrogen) atoms. The standard InChI is InChI=1S/C43H82N2O4/c1-5-7-9-11-13-15-17-19-20-22-24-26-28-30-32-34-43(47)49-41(38-45-36-40(37-45)35-44(3)4)39-48-42(46)33-31-29-27-25-23-21-18-16-14-12-10-8-6-2/h19-20,40-41H,5-18,21-39H2,1-4H3/b20-19-. The Kier molecular flexibility index (Phi) is 31.4. The maximum atomic E-state index is 12.7. The summed E-state index contributed by atoms with van der Waals surface area (Å²) < 4.78 is 11.5. The molecule has 0 bridgehead atoms. The Bertz CT molecular complexity index is 780. The molecule has 1 fully saturated rings. The first-order valence-corrected chi connectivity index (χ1v) is 21.3. The molecular weight excluding hydrogens is 608 g/mol. The Hall–Kier alpha value is -1.40. The third-order valence-corrected chi connectivity index (χ3v) is 9.97. The van der Waals surface area contributed by atoms with E-state index in [0.29, 0.717) is 25.3 Å². The number of likely N-dealkylation sites (tertiary alicyclic amines) is 1. The summed E-state index contributed by atoms with van der Waals surface area (Å²) >= 11 is 0. The summed E-state index contributed by atoms with van der Waals surface area (Å²) in [5.41, 5.74) is 0. The van der Waals surface area contributed by atoms with Crippen LogP contribution in [0, 0.1) is 5.92 Å². The second kappa shape index (κ2) is 33.7. The van der Waals surface area contributed by atoms with E-state index in [2.05, 4.69) is 49.9 Å². The maximum Gasteiger partial charge on any atom is 0.306 e. The zero-order chi connectivity index (χ0) is 35.6. The molecule has 1 rings (SSSR count). The predicted molar refractivity (Wildman–Crippen MR) is 209 cm³/mol. The van der Waals surface area contributed by atoms with Crippen LogP contribution in [0.1, 0.15) is 194 Å². The van der Waals surface area contributed by atoms with Gasteiger partial charge >= 0.3 is 11.9 Å². The summed E-state index contributed by atoms with van der Waals surface area (Å²) in [6, 6.07) is 0. The third-order valence-electron chi connectivity index (χ3n) is 9.97. The minimum absolute atomic E-state index is 0.152. The van der Waals surface area contributed by atoms with E-state index in [1.54, 1.807) is 0 Å². The number of hydrogen-bond donors (Lipinski definition) is 0. The lowest BCUT2D eigenvalue weighted by Gasteiger charge is -2.41. The van der Waals surface area contributed by atoms with Crippen molar-refractivity contribution >= 4 is 11.9 Å². The van der Waals surface area contributed by atoms with Crippen molar-refractivity contribution in [2.75, 3.05) is 46.9 Å². The Morgan fingerprint density at radius 1 is 0.612 bits per heavy atom. The minimum atomic E-state index is -0.383. The van der Waals surface area contributed by atoms with E-state index < -0.39 is 0 Å². The third kappa shape index (κ3) is 30.0. The van der Waals surface area contributed by atoms with Gasteiger partial charge in [0.05, 0.1) is 0 Å². The van der Waals surface area contributed by atoms with Gasteiger partial charge in [-0.1, -0.05) is 154 Å². The first-order valence-electron chi connectivity index (χ1n) is 21.3. The van der Waals surface area contributed by atoms with Crippen LogP contribution in [0.2, 0.25) is 0 Å². The number of allylic oxidation sites excluding steroid dienone is 2. The van der Waals surface area contributed by atoms with Gasteiger partial charge in [0.15, 0.2) is 0 Å². The van der Waals surface area contributed by atoms with Crippen molar-refractivity contribution in [3.63, 3.8) is 0 Å². The zero-order valence-electron chi connectivity index (χ0n) is 33.2. The number of esters is 2. The Morgan fingerprint density at radius 2 is 1.02 bits per heavy atom. The molecule has 0 amide bonds. The second-order valence-corrected chi connectivity index (χ2v) is 15.5. The number of unbranched alkanes of at least 4 members (excludes halogenated alkanes) is 23. The lowest BCUT2D eigenvalue weighted by Crippen LogP contribution is -2.53. The molecule has 0 radical (unpaired) electrons. The Labute approximate surface area is 304 Å². The molecule has 0 saturated carbocycles.